The molecule has 1 saturated heterocycles. The molecule has 1 aliphatic heterocycles. The summed E-state index contributed by atoms with van der Waals surface area (Å²) in [7, 11) is 4.34. The topological polar surface area (TPSA) is 51.2 Å². The van der Waals surface area contributed by atoms with Crippen molar-refractivity contribution in [3.05, 3.63) is 0 Å². The van der Waals surface area contributed by atoms with Gasteiger partial charge < -0.3 is 14.0 Å². The zero-order chi connectivity index (χ0) is 19.4. The first-order valence-electron chi connectivity index (χ1n) is 9.87. The third-order valence-corrected chi connectivity index (χ3v) is 9.67. The fourth-order valence-electron chi connectivity index (χ4n) is 5.77. The highest BCUT2D eigenvalue weighted by atomic mass is 31.2. The van der Waals surface area contributed by atoms with Crippen molar-refractivity contribution in [1.82, 2.24) is 9.34 Å². The summed E-state index contributed by atoms with van der Waals surface area (Å²) in [6, 6.07) is 0. The van der Waals surface area contributed by atoms with E-state index in [0.717, 1.165) is 32.1 Å². The molecule has 1 heterocycles. The molecular weight excluding hydrogens is 351 g/mol. The summed E-state index contributed by atoms with van der Waals surface area (Å²) in [4.78, 5) is 0. The minimum atomic E-state index is -2.99. The highest BCUT2D eigenvalue weighted by molar-refractivity contribution is 7.53. The van der Waals surface area contributed by atoms with Crippen LogP contribution in [0.15, 0.2) is 0 Å². The average Bonchev–Trinajstić information content (AvgIpc) is 2.96. The van der Waals surface area contributed by atoms with Gasteiger partial charge in [-0.15, -0.1) is 0 Å². The van der Waals surface area contributed by atoms with E-state index < -0.39 is 7.67 Å². The third-order valence-electron chi connectivity index (χ3n) is 7.12. The van der Waals surface area contributed by atoms with E-state index in [-0.39, 0.29) is 22.7 Å². The Balaban J connectivity index is 1.81. The predicted octanol–water partition coefficient (Wildman–Crippen LogP) is 3.97. The lowest BCUT2D eigenvalue weighted by Gasteiger charge is -2.59. The second kappa shape index (κ2) is 6.82. The highest BCUT2D eigenvalue weighted by Gasteiger charge is 2.59. The summed E-state index contributed by atoms with van der Waals surface area (Å²) in [5.41, 5.74) is 0.126. The van der Waals surface area contributed by atoms with Gasteiger partial charge in [-0.05, 0) is 64.2 Å². The summed E-state index contributed by atoms with van der Waals surface area (Å²) in [5.74, 6) is 0.141. The van der Waals surface area contributed by atoms with Crippen LogP contribution < -0.4 is 0 Å². The van der Waals surface area contributed by atoms with Gasteiger partial charge in [0.05, 0.1) is 19.3 Å². The quantitative estimate of drug-likeness (QED) is 0.679. The Labute approximate surface area is 159 Å². The Morgan fingerprint density at radius 3 is 2.08 bits per heavy atom. The van der Waals surface area contributed by atoms with Crippen LogP contribution in [0.3, 0.4) is 0 Å². The lowest BCUT2D eigenvalue weighted by atomic mass is 9.50. The molecule has 6 nitrogen and oxygen atoms in total. The molecule has 3 fully saturated rings. The predicted molar refractivity (Wildman–Crippen MR) is 103 cm³/mol. The van der Waals surface area contributed by atoms with E-state index in [4.69, 9.17) is 14.0 Å². The van der Waals surface area contributed by atoms with E-state index in [1.54, 1.807) is 9.34 Å². The van der Waals surface area contributed by atoms with Crippen LogP contribution in [0.2, 0.25) is 0 Å². The molecule has 0 aromatic rings. The molecule has 0 aromatic carbocycles. The summed E-state index contributed by atoms with van der Waals surface area (Å²) >= 11 is 0. The molecule has 0 N–H and O–H groups in total. The summed E-state index contributed by atoms with van der Waals surface area (Å²) in [6.45, 7) is 8.40. The smallest absolute Gasteiger partial charge is 0.345 e. The van der Waals surface area contributed by atoms with Gasteiger partial charge in [0.1, 0.15) is 0 Å². The van der Waals surface area contributed by atoms with E-state index in [2.05, 4.69) is 20.8 Å². The average molecular weight is 388 g/mol. The van der Waals surface area contributed by atoms with E-state index >= 15 is 0 Å². The van der Waals surface area contributed by atoms with Gasteiger partial charge in [-0.2, -0.15) is 0 Å². The maximum absolute atomic E-state index is 13.4. The zero-order valence-corrected chi connectivity index (χ0v) is 18.5. The standard InChI is InChI=1S/C19H37N2O4P/c1-17(2)15-8-11-19(23-12-13-24-19)14-18(15,3)10-9-16(17)25-26(22,20(4)5)21(6)7/h15-16H,8-14H2,1-7H3/t15-,16-,18+/m0/s1. The minimum absolute atomic E-state index is 0.0179. The van der Waals surface area contributed by atoms with Crippen molar-refractivity contribution < 1.29 is 18.6 Å². The van der Waals surface area contributed by atoms with Crippen LogP contribution >= 0.6 is 7.67 Å². The molecule has 0 aromatic heterocycles. The Morgan fingerprint density at radius 2 is 1.54 bits per heavy atom. The first-order chi connectivity index (χ1) is 12.0. The van der Waals surface area contributed by atoms with E-state index in [1.807, 2.05) is 28.2 Å². The number of rotatable bonds is 4. The lowest BCUT2D eigenvalue weighted by molar-refractivity contribution is -0.237. The molecule has 0 bridgehead atoms. The Kier molecular flexibility index (Phi) is 5.45. The molecule has 1 spiro atoms. The number of hydrogen-bond donors (Lipinski definition) is 0. The molecule has 0 unspecified atom stereocenters. The maximum atomic E-state index is 13.4. The van der Waals surface area contributed by atoms with Crippen LogP contribution in [-0.4, -0.2) is 62.6 Å². The van der Waals surface area contributed by atoms with Gasteiger partial charge in [0.2, 0.25) is 0 Å². The maximum Gasteiger partial charge on any atom is 0.345 e. The molecule has 3 atom stereocenters. The Hall–Kier alpha value is 0.0300. The van der Waals surface area contributed by atoms with Crippen LogP contribution in [0.25, 0.3) is 0 Å². The SMILES string of the molecule is CN(C)P(=O)(O[C@H]1CC[C@]2(C)CC3(CC[C@H]2C1(C)C)OCCO3)N(C)C. The van der Waals surface area contributed by atoms with E-state index in [0.29, 0.717) is 19.1 Å². The lowest BCUT2D eigenvalue weighted by Crippen LogP contribution is -2.56. The first-order valence-corrected chi connectivity index (χ1v) is 11.4. The van der Waals surface area contributed by atoms with E-state index in [9.17, 15) is 4.57 Å². The van der Waals surface area contributed by atoms with Gasteiger partial charge in [0, 0.05) is 12.8 Å². The fraction of sp³-hybridized carbons (Fsp3) is 1.00. The molecule has 26 heavy (non-hydrogen) atoms. The van der Waals surface area contributed by atoms with Crippen LogP contribution in [0.5, 0.6) is 0 Å². The van der Waals surface area contributed by atoms with Gasteiger partial charge >= 0.3 is 7.67 Å². The number of ether oxygens (including phenoxy) is 2. The molecule has 2 aliphatic carbocycles. The monoisotopic (exact) mass is 388 g/mol. The van der Waals surface area contributed by atoms with E-state index in [1.165, 1.54) is 0 Å². The van der Waals surface area contributed by atoms with Gasteiger partial charge in [0.15, 0.2) is 5.79 Å². The van der Waals surface area contributed by atoms with Crippen molar-refractivity contribution >= 4 is 7.67 Å². The normalized spacial score (nSPS) is 36.7. The molecule has 0 radical (unpaired) electrons. The van der Waals surface area contributed by atoms with Crippen LogP contribution in [0.4, 0.5) is 0 Å². The zero-order valence-electron chi connectivity index (χ0n) is 17.6. The second-order valence-corrected chi connectivity index (χ2v) is 12.5. The number of hydrogen-bond acceptors (Lipinski definition) is 4. The molecule has 2 saturated carbocycles. The number of fused-ring (bicyclic) bond motifs is 1. The fourth-order valence-corrected chi connectivity index (χ4v) is 7.57. The van der Waals surface area contributed by atoms with Crippen LogP contribution in [0, 0.1) is 16.7 Å². The van der Waals surface area contributed by atoms with Gasteiger partial charge in [-0.25, -0.2) is 9.34 Å². The van der Waals surface area contributed by atoms with Crippen molar-refractivity contribution in [2.45, 2.75) is 64.8 Å². The van der Waals surface area contributed by atoms with Crippen molar-refractivity contribution in [2.24, 2.45) is 16.7 Å². The first kappa shape index (κ1) is 20.8. The highest BCUT2D eigenvalue weighted by Crippen LogP contribution is 2.64. The molecule has 0 amide bonds. The molecular formula is C19H37N2O4P. The van der Waals surface area contributed by atoms with Crippen molar-refractivity contribution in [2.75, 3.05) is 41.4 Å². The summed E-state index contributed by atoms with van der Waals surface area (Å²) in [5, 5.41) is 0. The number of nitrogens with zero attached hydrogens (tertiary/aromatic N) is 2. The molecule has 152 valence electrons. The molecule has 7 heteroatoms. The Bertz CT molecular complexity index is 562. The van der Waals surface area contributed by atoms with Crippen molar-refractivity contribution in [3.63, 3.8) is 0 Å². The van der Waals surface area contributed by atoms with Gasteiger partial charge in [-0.1, -0.05) is 20.8 Å². The van der Waals surface area contributed by atoms with Gasteiger partial charge in [-0.3, -0.25) is 4.57 Å². The molecule has 3 aliphatic rings. The van der Waals surface area contributed by atoms with Crippen LogP contribution in [-0.2, 0) is 18.6 Å². The van der Waals surface area contributed by atoms with Crippen LogP contribution in [0.1, 0.15) is 52.9 Å². The summed E-state index contributed by atoms with van der Waals surface area (Å²) in [6.07, 6.45) is 4.93. The third kappa shape index (κ3) is 3.31. The Morgan fingerprint density at radius 1 is 0.962 bits per heavy atom. The second-order valence-electron chi connectivity index (χ2n) is 9.67. The van der Waals surface area contributed by atoms with Gasteiger partial charge in [0.25, 0.3) is 0 Å². The largest absolute Gasteiger partial charge is 0.348 e. The summed E-state index contributed by atoms with van der Waals surface area (Å²) < 4.78 is 35.3. The molecule has 3 rings (SSSR count). The van der Waals surface area contributed by atoms with Crippen molar-refractivity contribution in [1.29, 1.82) is 0 Å². The minimum Gasteiger partial charge on any atom is -0.348 e. The van der Waals surface area contributed by atoms with Crippen molar-refractivity contribution in [3.8, 4) is 0 Å².